The smallest absolute Gasteiger partial charge is 0.224 e. The van der Waals surface area contributed by atoms with Crippen molar-refractivity contribution in [3.63, 3.8) is 0 Å². The number of hydrogen-bond acceptors (Lipinski definition) is 5. The molecule has 1 fully saturated rings. The standard InChI is InChI=1S/C17H22N4O2/c1-12-10-21(11-13(2)23-12)17(22)7-8-18-16-9-19-14-5-3-4-6-15(14)20-16/h3-6,9,12-13H,7-8,10-11H2,1-2H3,(H,18,20)/t12-,13+. The van der Waals surface area contributed by atoms with Crippen LogP contribution >= 0.6 is 0 Å². The van der Waals surface area contributed by atoms with Crippen LogP contribution in [0.5, 0.6) is 0 Å². The lowest BCUT2D eigenvalue weighted by Crippen LogP contribution is -2.48. The first-order chi connectivity index (χ1) is 11.1. The zero-order valence-corrected chi connectivity index (χ0v) is 13.5. The number of para-hydroxylation sites is 2. The third kappa shape index (κ3) is 3.96. The Morgan fingerprint density at radius 1 is 1.26 bits per heavy atom. The molecule has 0 bridgehead atoms. The van der Waals surface area contributed by atoms with E-state index in [1.165, 1.54) is 0 Å². The van der Waals surface area contributed by atoms with Crippen molar-refractivity contribution >= 4 is 22.8 Å². The minimum atomic E-state index is 0.0991. The van der Waals surface area contributed by atoms with Crippen molar-refractivity contribution < 1.29 is 9.53 Å². The van der Waals surface area contributed by atoms with Crippen molar-refractivity contribution in [1.82, 2.24) is 14.9 Å². The van der Waals surface area contributed by atoms with E-state index in [1.54, 1.807) is 6.20 Å². The van der Waals surface area contributed by atoms with Crippen molar-refractivity contribution in [3.05, 3.63) is 30.5 Å². The fourth-order valence-electron chi connectivity index (χ4n) is 2.88. The number of rotatable bonds is 4. The van der Waals surface area contributed by atoms with Gasteiger partial charge in [0.2, 0.25) is 5.91 Å². The van der Waals surface area contributed by atoms with Crippen molar-refractivity contribution in [3.8, 4) is 0 Å². The molecule has 1 aliphatic heterocycles. The van der Waals surface area contributed by atoms with Gasteiger partial charge in [-0.3, -0.25) is 9.78 Å². The van der Waals surface area contributed by atoms with Crippen LogP contribution < -0.4 is 5.32 Å². The number of carbonyl (C=O) groups is 1. The molecule has 6 nitrogen and oxygen atoms in total. The fraction of sp³-hybridized carbons (Fsp3) is 0.471. The number of anilines is 1. The molecule has 1 amide bonds. The van der Waals surface area contributed by atoms with Crippen molar-refractivity contribution in [2.45, 2.75) is 32.5 Å². The highest BCUT2D eigenvalue weighted by Crippen LogP contribution is 2.13. The Morgan fingerprint density at radius 3 is 2.70 bits per heavy atom. The molecule has 1 aromatic carbocycles. The van der Waals surface area contributed by atoms with Crippen LogP contribution in [-0.4, -0.2) is 52.6 Å². The van der Waals surface area contributed by atoms with Gasteiger partial charge in [-0.2, -0.15) is 0 Å². The van der Waals surface area contributed by atoms with Crippen LogP contribution in [0.15, 0.2) is 30.5 Å². The molecule has 1 saturated heterocycles. The first kappa shape index (κ1) is 15.7. The molecule has 6 heteroatoms. The van der Waals surface area contributed by atoms with E-state index in [-0.39, 0.29) is 18.1 Å². The Kier molecular flexibility index (Phi) is 4.71. The van der Waals surface area contributed by atoms with Crippen LogP contribution in [0.1, 0.15) is 20.3 Å². The van der Waals surface area contributed by atoms with Gasteiger partial charge >= 0.3 is 0 Å². The lowest BCUT2D eigenvalue weighted by molar-refractivity contribution is -0.142. The third-order valence-corrected chi connectivity index (χ3v) is 3.87. The predicted octanol–water partition coefficient (Wildman–Crippen LogP) is 2.07. The largest absolute Gasteiger partial charge is 0.372 e. The zero-order chi connectivity index (χ0) is 16.2. The van der Waals surface area contributed by atoms with E-state index in [2.05, 4.69) is 15.3 Å². The molecule has 3 rings (SSSR count). The van der Waals surface area contributed by atoms with Gasteiger partial charge in [0.05, 0.1) is 29.4 Å². The number of aromatic nitrogens is 2. The summed E-state index contributed by atoms with van der Waals surface area (Å²) in [5.41, 5.74) is 1.71. The van der Waals surface area contributed by atoms with Gasteiger partial charge in [0.15, 0.2) is 0 Å². The molecule has 1 N–H and O–H groups in total. The number of fused-ring (bicyclic) bond motifs is 1. The van der Waals surface area contributed by atoms with Gasteiger partial charge in [-0.15, -0.1) is 0 Å². The predicted molar refractivity (Wildman–Crippen MR) is 89.2 cm³/mol. The van der Waals surface area contributed by atoms with Crippen molar-refractivity contribution in [2.24, 2.45) is 0 Å². The van der Waals surface area contributed by atoms with Crippen LogP contribution in [0, 0.1) is 0 Å². The molecule has 0 aliphatic carbocycles. The van der Waals surface area contributed by atoms with Crippen molar-refractivity contribution in [2.75, 3.05) is 25.0 Å². The van der Waals surface area contributed by atoms with E-state index in [9.17, 15) is 4.79 Å². The van der Waals surface area contributed by atoms with Crippen LogP contribution in [-0.2, 0) is 9.53 Å². The molecule has 2 heterocycles. The van der Waals surface area contributed by atoms with E-state index in [0.29, 0.717) is 31.9 Å². The second-order valence-corrected chi connectivity index (χ2v) is 5.98. The first-order valence-corrected chi connectivity index (χ1v) is 8.00. The van der Waals surface area contributed by atoms with Crippen LogP contribution in [0.2, 0.25) is 0 Å². The lowest BCUT2D eigenvalue weighted by atomic mass is 10.2. The topological polar surface area (TPSA) is 67.4 Å². The van der Waals surface area contributed by atoms with Gasteiger partial charge in [0.1, 0.15) is 5.82 Å². The van der Waals surface area contributed by atoms with E-state index in [4.69, 9.17) is 4.74 Å². The Morgan fingerprint density at radius 2 is 1.96 bits per heavy atom. The summed E-state index contributed by atoms with van der Waals surface area (Å²) in [5, 5.41) is 3.18. The Hall–Kier alpha value is -2.21. The summed E-state index contributed by atoms with van der Waals surface area (Å²) in [4.78, 5) is 23.0. The molecular formula is C17H22N4O2. The minimum Gasteiger partial charge on any atom is -0.372 e. The summed E-state index contributed by atoms with van der Waals surface area (Å²) in [6, 6.07) is 7.73. The number of nitrogens with zero attached hydrogens (tertiary/aromatic N) is 3. The van der Waals surface area contributed by atoms with Gasteiger partial charge in [-0.25, -0.2) is 4.98 Å². The second-order valence-electron chi connectivity index (χ2n) is 5.98. The summed E-state index contributed by atoms with van der Waals surface area (Å²) in [6.07, 6.45) is 2.34. The van der Waals surface area contributed by atoms with E-state index in [0.717, 1.165) is 11.0 Å². The lowest BCUT2D eigenvalue weighted by Gasteiger charge is -2.35. The quantitative estimate of drug-likeness (QED) is 0.936. The van der Waals surface area contributed by atoms with Gasteiger partial charge in [0, 0.05) is 26.1 Å². The van der Waals surface area contributed by atoms with Gasteiger partial charge < -0.3 is 15.0 Å². The number of carbonyl (C=O) groups excluding carboxylic acids is 1. The average Bonchev–Trinajstić information content (AvgIpc) is 2.53. The molecular weight excluding hydrogens is 292 g/mol. The number of benzene rings is 1. The Bertz CT molecular complexity index is 681. The molecule has 2 aromatic rings. The normalized spacial score (nSPS) is 21.4. The molecule has 23 heavy (non-hydrogen) atoms. The summed E-state index contributed by atoms with van der Waals surface area (Å²) in [7, 11) is 0. The highest BCUT2D eigenvalue weighted by molar-refractivity contribution is 5.77. The van der Waals surface area contributed by atoms with Gasteiger partial charge in [-0.05, 0) is 26.0 Å². The molecule has 0 radical (unpaired) electrons. The maximum atomic E-state index is 12.3. The first-order valence-electron chi connectivity index (χ1n) is 8.00. The van der Waals surface area contributed by atoms with Crippen LogP contribution in [0.3, 0.4) is 0 Å². The molecule has 1 aromatic heterocycles. The highest BCUT2D eigenvalue weighted by Gasteiger charge is 2.25. The molecule has 122 valence electrons. The summed E-state index contributed by atoms with van der Waals surface area (Å²) in [6.45, 7) is 5.88. The SMILES string of the molecule is C[C@@H]1CN(C(=O)CCNc2cnc3ccccc3n2)C[C@H](C)O1. The Labute approximate surface area is 135 Å². The van der Waals surface area contributed by atoms with Crippen molar-refractivity contribution in [1.29, 1.82) is 0 Å². The van der Waals surface area contributed by atoms with E-state index >= 15 is 0 Å². The summed E-state index contributed by atoms with van der Waals surface area (Å²) in [5.74, 6) is 0.841. The van der Waals surface area contributed by atoms with Gasteiger partial charge in [0.25, 0.3) is 0 Å². The molecule has 1 aliphatic rings. The molecule has 0 spiro atoms. The Balaban J connectivity index is 1.52. The zero-order valence-electron chi connectivity index (χ0n) is 13.5. The van der Waals surface area contributed by atoms with Gasteiger partial charge in [-0.1, -0.05) is 12.1 Å². The summed E-state index contributed by atoms with van der Waals surface area (Å²) >= 11 is 0. The van der Waals surface area contributed by atoms with Crippen LogP contribution in [0.4, 0.5) is 5.82 Å². The average molecular weight is 314 g/mol. The molecule has 0 unspecified atom stereocenters. The van der Waals surface area contributed by atoms with E-state index in [1.807, 2.05) is 43.0 Å². The molecule has 2 atom stereocenters. The summed E-state index contributed by atoms with van der Waals surface area (Å²) < 4.78 is 5.65. The fourth-order valence-corrected chi connectivity index (χ4v) is 2.88. The number of nitrogens with one attached hydrogen (secondary N) is 1. The number of amides is 1. The highest BCUT2D eigenvalue weighted by atomic mass is 16.5. The number of morpholine rings is 1. The van der Waals surface area contributed by atoms with E-state index < -0.39 is 0 Å². The third-order valence-electron chi connectivity index (χ3n) is 3.87. The number of hydrogen-bond donors (Lipinski definition) is 1. The molecule has 0 saturated carbocycles. The monoisotopic (exact) mass is 314 g/mol. The second kappa shape index (κ2) is 6.91. The maximum Gasteiger partial charge on any atom is 0.224 e. The minimum absolute atomic E-state index is 0.0991. The maximum absolute atomic E-state index is 12.3. The van der Waals surface area contributed by atoms with Crippen LogP contribution in [0.25, 0.3) is 11.0 Å². The number of ether oxygens (including phenoxy) is 1.